The lowest BCUT2D eigenvalue weighted by Gasteiger charge is -2.71. The molecule has 17 heteroatoms. The molecule has 4 aliphatic carbocycles. The van der Waals surface area contributed by atoms with E-state index >= 15 is 0 Å². The summed E-state index contributed by atoms with van der Waals surface area (Å²) in [6, 6.07) is 16.1. The van der Waals surface area contributed by atoms with Gasteiger partial charge in [-0.25, -0.2) is 0 Å². The van der Waals surface area contributed by atoms with Gasteiger partial charge in [0.2, 0.25) is 6.41 Å². The van der Waals surface area contributed by atoms with Gasteiger partial charge >= 0.3 is 0 Å². The highest BCUT2D eigenvalue weighted by atomic mass is 16.7. The minimum atomic E-state index is -2.16. The summed E-state index contributed by atoms with van der Waals surface area (Å²) in [4.78, 5) is 0. The second-order valence-corrected chi connectivity index (χ2v) is 21.5. The van der Waals surface area contributed by atoms with Gasteiger partial charge in [0.05, 0.1) is 66.6 Å². The zero-order chi connectivity index (χ0) is 48.3. The summed E-state index contributed by atoms with van der Waals surface area (Å²) in [7, 11) is 0. The molecule has 372 valence electrons. The van der Waals surface area contributed by atoms with Crippen molar-refractivity contribution in [3.8, 4) is 0 Å². The Morgan fingerprint density at radius 2 is 1.45 bits per heavy atom. The lowest BCUT2D eigenvalue weighted by atomic mass is 9.42. The number of aliphatic hydroxyl groups is 10. The van der Waals surface area contributed by atoms with Crippen molar-refractivity contribution >= 4 is 0 Å². The molecule has 2 aromatic carbocycles. The van der Waals surface area contributed by atoms with Crippen LogP contribution in [0.2, 0.25) is 0 Å². The Labute approximate surface area is 387 Å². The Kier molecular flexibility index (Phi) is 15.3. The first-order chi connectivity index (χ1) is 30.9. The standard InChI is InChI=1S/C49H75NO16/c1-25-31(62-43(58)37(63-42(57)29-19-20-30(52)21-29)35(27-15-11-9-12-16-27)50-44(59)66-45(3,4)5)23-49(60)40(64-41(56)28-17-13-10-14-18-28)38-47(8,39(55)36(54)34(25)46(49,6)7)32(53)22-33-48(38,24-61-33)65-26(2)51/h9-18,25-26,29-44,50-60H,19-24H2,1-8H3/t25?,26?,29?,30?,31-,32?,33?,34?,35-,36?,37+,38-,39?,40-,41?,42?,43?,44?,47?,48-,49?/m1/s1. The Bertz CT molecular complexity index is 1890. The Morgan fingerprint density at radius 3 is 2.00 bits per heavy atom. The maximum absolute atomic E-state index is 13.9. The molecular formula is C49H75NO16. The van der Waals surface area contributed by atoms with E-state index in [0.29, 0.717) is 24.0 Å². The van der Waals surface area contributed by atoms with Crippen LogP contribution in [0.5, 0.6) is 0 Å². The molecule has 2 aromatic rings. The molecule has 2 bridgehead atoms. The van der Waals surface area contributed by atoms with Gasteiger partial charge in [-0.2, -0.15) is 0 Å². The van der Waals surface area contributed by atoms with Gasteiger partial charge in [-0.3, -0.25) is 5.32 Å². The minimum absolute atomic E-state index is 0.0450. The van der Waals surface area contributed by atoms with Crippen molar-refractivity contribution in [2.24, 2.45) is 34.5 Å². The fourth-order valence-corrected chi connectivity index (χ4v) is 12.4. The van der Waals surface area contributed by atoms with Gasteiger partial charge in [-0.1, -0.05) is 88.4 Å². The molecule has 15 unspecified atom stereocenters. The first kappa shape index (κ1) is 51.6. The summed E-state index contributed by atoms with van der Waals surface area (Å²) < 4.78 is 37.9. The molecule has 7 rings (SSSR count). The van der Waals surface area contributed by atoms with E-state index < -0.39 is 138 Å². The van der Waals surface area contributed by atoms with Crippen LogP contribution in [0.4, 0.5) is 0 Å². The van der Waals surface area contributed by atoms with E-state index in [0.717, 1.165) is 0 Å². The second kappa shape index (κ2) is 19.5. The molecule has 5 fully saturated rings. The van der Waals surface area contributed by atoms with Gasteiger partial charge in [0.1, 0.15) is 11.7 Å². The zero-order valence-corrected chi connectivity index (χ0v) is 39.3. The van der Waals surface area contributed by atoms with Crippen molar-refractivity contribution in [3.05, 3.63) is 71.8 Å². The van der Waals surface area contributed by atoms with Gasteiger partial charge in [-0.15, -0.1) is 0 Å². The summed E-state index contributed by atoms with van der Waals surface area (Å²) in [5, 5.41) is 123. The van der Waals surface area contributed by atoms with Gasteiger partial charge in [0.25, 0.3) is 0 Å². The maximum atomic E-state index is 13.9. The van der Waals surface area contributed by atoms with Crippen molar-refractivity contribution in [2.45, 2.75) is 191 Å². The van der Waals surface area contributed by atoms with Crippen molar-refractivity contribution in [1.29, 1.82) is 0 Å². The van der Waals surface area contributed by atoms with Gasteiger partial charge in [0.15, 0.2) is 25.2 Å². The maximum Gasteiger partial charge on any atom is 0.214 e. The second-order valence-electron chi connectivity index (χ2n) is 21.5. The van der Waals surface area contributed by atoms with Crippen molar-refractivity contribution in [2.75, 3.05) is 6.61 Å². The first-order valence-electron chi connectivity index (χ1n) is 23.5. The fraction of sp³-hybridized carbons (Fsp3) is 0.755. The van der Waals surface area contributed by atoms with E-state index in [4.69, 9.17) is 28.4 Å². The topological polar surface area (TPSA) is 270 Å². The number of benzene rings is 2. The molecule has 1 heterocycles. The highest BCUT2D eigenvalue weighted by Crippen LogP contribution is 2.66. The molecule has 1 aliphatic heterocycles. The molecule has 0 aromatic heterocycles. The largest absolute Gasteiger partial charge is 0.393 e. The Hall–Kier alpha value is -2.24. The van der Waals surface area contributed by atoms with Crippen molar-refractivity contribution < 1.29 is 79.5 Å². The Morgan fingerprint density at radius 1 is 0.833 bits per heavy atom. The summed E-state index contributed by atoms with van der Waals surface area (Å²) in [6.45, 7) is 13.3. The molecule has 0 amide bonds. The lowest BCUT2D eigenvalue weighted by molar-refractivity contribution is -0.417. The van der Waals surface area contributed by atoms with Crippen LogP contribution in [0.3, 0.4) is 0 Å². The third-order valence-corrected chi connectivity index (χ3v) is 15.9. The number of hydrogen-bond acceptors (Lipinski definition) is 17. The molecule has 4 saturated carbocycles. The van der Waals surface area contributed by atoms with E-state index in [1.165, 1.54) is 6.92 Å². The fourth-order valence-electron chi connectivity index (χ4n) is 12.4. The van der Waals surface area contributed by atoms with E-state index in [-0.39, 0.29) is 25.9 Å². The van der Waals surface area contributed by atoms with E-state index in [1.54, 1.807) is 109 Å². The minimum Gasteiger partial charge on any atom is -0.393 e. The van der Waals surface area contributed by atoms with Crippen LogP contribution in [-0.4, -0.2) is 149 Å². The van der Waals surface area contributed by atoms with Crippen LogP contribution in [0, 0.1) is 34.5 Å². The lowest BCUT2D eigenvalue weighted by Crippen LogP contribution is -2.83. The number of fused-ring (bicyclic) bond motifs is 5. The number of aliphatic hydroxyl groups excluding tert-OH is 9. The summed E-state index contributed by atoms with van der Waals surface area (Å²) in [6.07, 6.45) is -17.9. The summed E-state index contributed by atoms with van der Waals surface area (Å²) in [5.74, 6) is -3.60. The summed E-state index contributed by atoms with van der Waals surface area (Å²) >= 11 is 0. The van der Waals surface area contributed by atoms with Crippen LogP contribution in [-0.2, 0) is 28.4 Å². The van der Waals surface area contributed by atoms with Crippen molar-refractivity contribution in [1.82, 2.24) is 5.32 Å². The highest BCUT2D eigenvalue weighted by molar-refractivity contribution is 5.27. The van der Waals surface area contributed by atoms with Crippen LogP contribution in [0.15, 0.2) is 60.7 Å². The zero-order valence-electron chi connectivity index (χ0n) is 39.3. The number of rotatable bonds is 16. The molecule has 0 radical (unpaired) electrons. The first-order valence-corrected chi connectivity index (χ1v) is 23.5. The predicted molar refractivity (Wildman–Crippen MR) is 236 cm³/mol. The number of hydrogen-bond donors (Lipinski definition) is 11. The van der Waals surface area contributed by atoms with Crippen LogP contribution < -0.4 is 5.32 Å². The smallest absolute Gasteiger partial charge is 0.214 e. The normalized spacial score (nSPS) is 40.8. The molecule has 17 nitrogen and oxygen atoms in total. The molecule has 1 saturated heterocycles. The number of nitrogens with one attached hydrogen (secondary N) is 1. The predicted octanol–water partition coefficient (Wildman–Crippen LogP) is 2.08. The van der Waals surface area contributed by atoms with Gasteiger partial charge in [0, 0.05) is 47.0 Å². The molecule has 21 atom stereocenters. The molecule has 11 N–H and O–H groups in total. The molecule has 5 aliphatic rings. The monoisotopic (exact) mass is 934 g/mol. The van der Waals surface area contributed by atoms with Crippen LogP contribution in [0.25, 0.3) is 0 Å². The molecule has 66 heavy (non-hydrogen) atoms. The Balaban J connectivity index is 1.34. The SMILES string of the molecule is CC(O)O[C@]12COC1CC(O)C1(C)C(O)C(O)C3C(C)[C@H](OC(O)[C@@H](OC(O)C4CCC(O)C4)[C@H](NC(O)OC(C)(C)C)c4ccccc4)CC(O)([C@H](OC(O)c4ccccc4)[C@H]12)C3(C)C. The average molecular weight is 934 g/mol. The van der Waals surface area contributed by atoms with Gasteiger partial charge < -0.3 is 79.5 Å². The quantitative estimate of drug-likeness (QED) is 0.108. The third-order valence-electron chi connectivity index (χ3n) is 15.9. The van der Waals surface area contributed by atoms with Gasteiger partial charge in [-0.05, 0) is 58.4 Å². The highest BCUT2D eigenvalue weighted by Gasteiger charge is 2.78. The van der Waals surface area contributed by atoms with Crippen LogP contribution in [0.1, 0.15) is 111 Å². The van der Waals surface area contributed by atoms with E-state index in [1.807, 2.05) is 0 Å². The molecule has 0 spiro atoms. The van der Waals surface area contributed by atoms with E-state index in [9.17, 15) is 51.1 Å². The van der Waals surface area contributed by atoms with Crippen LogP contribution >= 0.6 is 0 Å². The summed E-state index contributed by atoms with van der Waals surface area (Å²) in [5.41, 5.74) is -6.76. The number of ether oxygens (including phenoxy) is 6. The van der Waals surface area contributed by atoms with Crippen molar-refractivity contribution in [3.63, 3.8) is 0 Å². The third kappa shape index (κ3) is 9.52. The molecular weight excluding hydrogens is 859 g/mol. The average Bonchev–Trinajstić information content (AvgIpc) is 3.69. The van der Waals surface area contributed by atoms with E-state index in [2.05, 4.69) is 5.32 Å².